The van der Waals surface area contributed by atoms with Gasteiger partial charge in [0, 0.05) is 12.4 Å². The van der Waals surface area contributed by atoms with Crippen molar-refractivity contribution in [2.75, 3.05) is 0 Å². The minimum atomic E-state index is -4.64. The summed E-state index contributed by atoms with van der Waals surface area (Å²) in [5.41, 5.74) is 2.57. The Morgan fingerprint density at radius 1 is 1.56 bits per heavy atom. The summed E-state index contributed by atoms with van der Waals surface area (Å²) in [5, 5.41) is 8.45. The number of amides is 1. The molecule has 0 fully saturated rings. The summed E-state index contributed by atoms with van der Waals surface area (Å²) in [6.07, 6.45) is -2.88. The molecule has 1 heterocycles. The molecule has 0 saturated heterocycles. The Labute approximate surface area is 101 Å². The van der Waals surface area contributed by atoms with Gasteiger partial charge in [0.05, 0.1) is 17.2 Å². The SMILES string of the molecule is CC(C#N)NNC(=O)c1cnccc1C(F)(F)F. The molecule has 1 unspecified atom stereocenters. The molecule has 0 saturated carbocycles. The topological polar surface area (TPSA) is 77.8 Å². The number of pyridine rings is 1. The first-order valence-corrected chi connectivity index (χ1v) is 4.83. The monoisotopic (exact) mass is 258 g/mol. The van der Waals surface area contributed by atoms with Crippen LogP contribution in [0.25, 0.3) is 0 Å². The summed E-state index contributed by atoms with van der Waals surface area (Å²) in [4.78, 5) is 15.0. The Morgan fingerprint density at radius 2 is 2.22 bits per heavy atom. The van der Waals surface area contributed by atoms with Crippen molar-refractivity contribution in [3.8, 4) is 6.07 Å². The van der Waals surface area contributed by atoms with Gasteiger partial charge in [0.1, 0.15) is 6.04 Å². The number of nitrogens with one attached hydrogen (secondary N) is 2. The number of hydrogen-bond acceptors (Lipinski definition) is 4. The molecule has 2 N–H and O–H groups in total. The third kappa shape index (κ3) is 3.43. The summed E-state index contributed by atoms with van der Waals surface area (Å²) < 4.78 is 37.8. The number of hydrogen-bond donors (Lipinski definition) is 2. The van der Waals surface area contributed by atoms with Crippen molar-refractivity contribution in [3.05, 3.63) is 29.6 Å². The first-order valence-electron chi connectivity index (χ1n) is 4.83. The van der Waals surface area contributed by atoms with Crippen LogP contribution in [-0.4, -0.2) is 16.9 Å². The highest BCUT2D eigenvalue weighted by Gasteiger charge is 2.35. The number of nitrogens with zero attached hydrogens (tertiary/aromatic N) is 2. The summed E-state index contributed by atoms with van der Waals surface area (Å²) in [6, 6.07) is 1.74. The van der Waals surface area contributed by atoms with Gasteiger partial charge in [0.2, 0.25) is 0 Å². The van der Waals surface area contributed by atoms with E-state index in [1.54, 1.807) is 6.07 Å². The van der Waals surface area contributed by atoms with E-state index in [1.807, 2.05) is 5.43 Å². The van der Waals surface area contributed by atoms with E-state index in [9.17, 15) is 18.0 Å². The molecular weight excluding hydrogens is 249 g/mol. The first kappa shape index (κ1) is 13.9. The second kappa shape index (κ2) is 5.46. The van der Waals surface area contributed by atoms with Crippen molar-refractivity contribution in [2.24, 2.45) is 0 Å². The van der Waals surface area contributed by atoms with E-state index in [0.717, 1.165) is 12.4 Å². The third-order valence-electron chi connectivity index (χ3n) is 1.97. The zero-order valence-electron chi connectivity index (χ0n) is 9.25. The molecule has 0 bridgehead atoms. The lowest BCUT2D eigenvalue weighted by atomic mass is 10.1. The van der Waals surface area contributed by atoms with Gasteiger partial charge in [0.25, 0.3) is 5.91 Å². The molecule has 1 amide bonds. The Bertz CT molecular complexity index is 481. The minimum absolute atomic E-state index is 0.609. The third-order valence-corrected chi connectivity index (χ3v) is 1.97. The summed E-state index contributed by atoms with van der Waals surface area (Å²) >= 11 is 0. The zero-order chi connectivity index (χ0) is 13.8. The second-order valence-electron chi connectivity index (χ2n) is 3.37. The van der Waals surface area contributed by atoms with Gasteiger partial charge in [-0.2, -0.15) is 18.4 Å². The van der Waals surface area contributed by atoms with Crippen LogP contribution in [0.4, 0.5) is 13.2 Å². The molecule has 0 aliphatic heterocycles. The highest BCUT2D eigenvalue weighted by molar-refractivity contribution is 5.95. The molecular formula is C10H9F3N4O. The number of rotatable bonds is 3. The highest BCUT2D eigenvalue weighted by atomic mass is 19.4. The van der Waals surface area contributed by atoms with E-state index in [-0.39, 0.29) is 0 Å². The van der Waals surface area contributed by atoms with E-state index in [2.05, 4.69) is 10.4 Å². The fraction of sp³-hybridized carbons (Fsp3) is 0.300. The minimum Gasteiger partial charge on any atom is -0.286 e. The molecule has 0 spiro atoms. The molecule has 1 aromatic rings. The molecule has 0 radical (unpaired) electrons. The number of aromatic nitrogens is 1. The van der Waals surface area contributed by atoms with Crippen molar-refractivity contribution in [2.45, 2.75) is 19.1 Å². The smallest absolute Gasteiger partial charge is 0.286 e. The Hall–Kier alpha value is -2.14. The molecule has 18 heavy (non-hydrogen) atoms. The van der Waals surface area contributed by atoms with Gasteiger partial charge in [-0.25, -0.2) is 5.43 Å². The zero-order valence-corrected chi connectivity index (χ0v) is 9.25. The van der Waals surface area contributed by atoms with Gasteiger partial charge in [-0.1, -0.05) is 0 Å². The highest BCUT2D eigenvalue weighted by Crippen LogP contribution is 2.31. The summed E-state index contributed by atoms with van der Waals surface area (Å²) in [5.74, 6) is -1.00. The van der Waals surface area contributed by atoms with Gasteiger partial charge in [0.15, 0.2) is 0 Å². The van der Waals surface area contributed by atoms with Crippen LogP contribution in [0.2, 0.25) is 0 Å². The number of hydrazine groups is 1. The van der Waals surface area contributed by atoms with Gasteiger partial charge < -0.3 is 0 Å². The lowest BCUT2D eigenvalue weighted by Gasteiger charge is -2.13. The molecule has 1 aromatic heterocycles. The van der Waals surface area contributed by atoms with E-state index < -0.39 is 29.3 Å². The first-order chi connectivity index (χ1) is 8.36. The quantitative estimate of drug-likeness (QED) is 0.800. The predicted molar refractivity (Wildman–Crippen MR) is 54.9 cm³/mol. The number of nitriles is 1. The van der Waals surface area contributed by atoms with E-state index in [1.165, 1.54) is 6.92 Å². The van der Waals surface area contributed by atoms with Crippen LogP contribution in [0.1, 0.15) is 22.8 Å². The van der Waals surface area contributed by atoms with E-state index in [0.29, 0.717) is 6.07 Å². The molecule has 0 aliphatic carbocycles. The maximum absolute atomic E-state index is 12.6. The standard InChI is InChI=1S/C10H9F3N4O/c1-6(4-14)16-17-9(18)7-5-15-3-2-8(7)10(11,12)13/h2-3,5-6,16H,1H3,(H,17,18). The van der Waals surface area contributed by atoms with Gasteiger partial charge in [-0.05, 0) is 13.0 Å². The Kier molecular flexibility index (Phi) is 4.23. The van der Waals surface area contributed by atoms with Crippen molar-refractivity contribution < 1.29 is 18.0 Å². The lowest BCUT2D eigenvalue weighted by molar-refractivity contribution is -0.138. The molecule has 8 heteroatoms. The summed E-state index contributed by atoms with van der Waals surface area (Å²) in [6.45, 7) is 1.44. The fourth-order valence-corrected chi connectivity index (χ4v) is 1.10. The Balaban J connectivity index is 2.90. The molecule has 1 atom stereocenters. The van der Waals surface area contributed by atoms with Crippen LogP contribution in [0, 0.1) is 11.3 Å². The largest absolute Gasteiger partial charge is 0.417 e. The second-order valence-corrected chi connectivity index (χ2v) is 3.37. The molecule has 96 valence electrons. The van der Waals surface area contributed by atoms with Crippen LogP contribution in [0.3, 0.4) is 0 Å². The maximum Gasteiger partial charge on any atom is 0.417 e. The van der Waals surface area contributed by atoms with Crippen LogP contribution in [0.15, 0.2) is 18.5 Å². The van der Waals surface area contributed by atoms with Crippen LogP contribution in [0.5, 0.6) is 0 Å². The molecule has 5 nitrogen and oxygen atoms in total. The molecule has 1 rings (SSSR count). The Morgan fingerprint density at radius 3 is 2.78 bits per heavy atom. The predicted octanol–water partition coefficient (Wildman–Crippen LogP) is 1.25. The van der Waals surface area contributed by atoms with E-state index >= 15 is 0 Å². The van der Waals surface area contributed by atoms with Crippen molar-refractivity contribution in [3.63, 3.8) is 0 Å². The average Bonchev–Trinajstić information content (AvgIpc) is 2.34. The molecule has 0 aliphatic rings. The van der Waals surface area contributed by atoms with Crippen molar-refractivity contribution >= 4 is 5.91 Å². The van der Waals surface area contributed by atoms with Gasteiger partial charge >= 0.3 is 6.18 Å². The number of carbonyl (C=O) groups is 1. The fourth-order valence-electron chi connectivity index (χ4n) is 1.10. The molecule has 0 aromatic carbocycles. The number of carbonyl (C=O) groups excluding carboxylic acids is 1. The van der Waals surface area contributed by atoms with Gasteiger partial charge in [-0.15, -0.1) is 0 Å². The van der Waals surface area contributed by atoms with Gasteiger partial charge in [-0.3, -0.25) is 15.2 Å². The number of alkyl halides is 3. The number of halogens is 3. The van der Waals surface area contributed by atoms with Crippen LogP contribution < -0.4 is 10.9 Å². The van der Waals surface area contributed by atoms with Crippen LogP contribution in [-0.2, 0) is 6.18 Å². The van der Waals surface area contributed by atoms with Crippen LogP contribution >= 0.6 is 0 Å². The normalized spacial score (nSPS) is 12.6. The van der Waals surface area contributed by atoms with E-state index in [4.69, 9.17) is 5.26 Å². The van der Waals surface area contributed by atoms with Crippen molar-refractivity contribution in [1.82, 2.24) is 15.8 Å². The lowest BCUT2D eigenvalue weighted by Crippen LogP contribution is -2.43. The average molecular weight is 258 g/mol. The maximum atomic E-state index is 12.6. The summed E-state index contributed by atoms with van der Waals surface area (Å²) in [7, 11) is 0. The van der Waals surface area contributed by atoms with Crippen molar-refractivity contribution in [1.29, 1.82) is 5.26 Å².